The third kappa shape index (κ3) is 3.60. The Morgan fingerprint density at radius 3 is 1.55 bits per heavy atom. The van der Waals surface area contributed by atoms with Crippen LogP contribution in [0.3, 0.4) is 0 Å². The molecule has 8 aromatic carbocycles. The van der Waals surface area contributed by atoms with Crippen molar-refractivity contribution in [3.63, 3.8) is 0 Å². The van der Waals surface area contributed by atoms with Crippen molar-refractivity contribution in [3.8, 4) is 33.4 Å². The quantitative estimate of drug-likeness (QED) is 0.184. The third-order valence-electron chi connectivity index (χ3n) is 12.1. The van der Waals surface area contributed by atoms with Crippen LogP contribution < -0.4 is 4.90 Å². The molecule has 1 heteroatoms. The molecule has 0 bridgehead atoms. The van der Waals surface area contributed by atoms with Gasteiger partial charge in [-0.3, -0.25) is 0 Å². The zero-order valence-electron chi connectivity index (χ0n) is 28.7. The van der Waals surface area contributed by atoms with Crippen molar-refractivity contribution >= 4 is 27.8 Å². The Balaban J connectivity index is 1.17. The molecule has 8 aromatic rings. The molecule has 0 unspecified atom stereocenters. The molecule has 51 heavy (non-hydrogen) atoms. The fourth-order valence-electron chi connectivity index (χ4n) is 9.97. The Morgan fingerprint density at radius 1 is 0.353 bits per heavy atom. The van der Waals surface area contributed by atoms with Gasteiger partial charge >= 0.3 is 0 Å². The molecule has 0 saturated heterocycles. The Morgan fingerprint density at radius 2 is 0.882 bits per heavy atom. The van der Waals surface area contributed by atoms with Crippen LogP contribution >= 0.6 is 0 Å². The summed E-state index contributed by atoms with van der Waals surface area (Å²) >= 11 is 0. The molecule has 1 spiro atoms. The summed E-state index contributed by atoms with van der Waals surface area (Å²) in [6, 6.07) is 65.8. The molecule has 0 aliphatic heterocycles. The van der Waals surface area contributed by atoms with E-state index in [-0.39, 0.29) is 10.8 Å². The standard InChI is InChI=1S/C50H35N/c1-49(2)41-22-10-9-20-39(41)48-38-21-14-26-47(37(38)28-30-46(48)49)51(32-15-4-3-5-16-32)33-27-29-45-40(31-33)36-19-8-13-25-44(36)50(45)42-23-11-6-17-34(42)35-18-7-12-24-43(35)50/h3-31H,1-2H3. The Labute approximate surface area is 299 Å². The van der Waals surface area contributed by atoms with E-state index in [0.29, 0.717) is 0 Å². The second kappa shape index (κ2) is 10.2. The summed E-state index contributed by atoms with van der Waals surface area (Å²) in [6.45, 7) is 4.72. The summed E-state index contributed by atoms with van der Waals surface area (Å²) in [7, 11) is 0. The van der Waals surface area contributed by atoms with E-state index in [0.717, 1.165) is 11.4 Å². The van der Waals surface area contributed by atoms with Gasteiger partial charge in [0.2, 0.25) is 0 Å². The lowest BCUT2D eigenvalue weighted by Gasteiger charge is -2.31. The smallest absolute Gasteiger partial charge is 0.0725 e. The molecule has 1 nitrogen and oxygen atoms in total. The van der Waals surface area contributed by atoms with Crippen molar-refractivity contribution in [3.05, 3.63) is 209 Å². The van der Waals surface area contributed by atoms with Crippen LogP contribution in [0.5, 0.6) is 0 Å². The van der Waals surface area contributed by atoms with Gasteiger partial charge in [0.05, 0.1) is 11.1 Å². The summed E-state index contributed by atoms with van der Waals surface area (Å²) in [5.41, 5.74) is 19.3. The Kier molecular flexibility index (Phi) is 5.72. The lowest BCUT2D eigenvalue weighted by atomic mass is 9.70. The first-order valence-corrected chi connectivity index (χ1v) is 18.0. The third-order valence-corrected chi connectivity index (χ3v) is 12.1. The molecule has 240 valence electrons. The maximum absolute atomic E-state index is 2.46. The van der Waals surface area contributed by atoms with E-state index in [1.54, 1.807) is 0 Å². The summed E-state index contributed by atoms with van der Waals surface area (Å²) in [4.78, 5) is 2.46. The van der Waals surface area contributed by atoms with Crippen LogP contribution in [0, 0.1) is 0 Å². The lowest BCUT2D eigenvalue weighted by Crippen LogP contribution is -2.25. The number of rotatable bonds is 3. The fourth-order valence-corrected chi connectivity index (χ4v) is 9.97. The molecular formula is C50H35N. The molecule has 0 amide bonds. The van der Waals surface area contributed by atoms with Gasteiger partial charge in [-0.1, -0.05) is 159 Å². The monoisotopic (exact) mass is 649 g/mol. The van der Waals surface area contributed by atoms with Gasteiger partial charge in [0.15, 0.2) is 0 Å². The maximum Gasteiger partial charge on any atom is 0.0725 e. The van der Waals surface area contributed by atoms with Gasteiger partial charge in [0.1, 0.15) is 0 Å². The summed E-state index contributed by atoms with van der Waals surface area (Å²) in [5, 5.41) is 2.55. The van der Waals surface area contributed by atoms with Gasteiger partial charge in [-0.2, -0.15) is 0 Å². The fraction of sp³-hybridized carbons (Fsp3) is 0.0800. The molecule has 0 aromatic heterocycles. The maximum atomic E-state index is 2.46. The van der Waals surface area contributed by atoms with Gasteiger partial charge in [0, 0.05) is 22.2 Å². The van der Waals surface area contributed by atoms with Gasteiger partial charge in [0.25, 0.3) is 0 Å². The molecule has 0 atom stereocenters. The highest BCUT2D eigenvalue weighted by Crippen LogP contribution is 2.63. The number of benzene rings is 8. The topological polar surface area (TPSA) is 3.24 Å². The zero-order chi connectivity index (χ0) is 33.9. The molecule has 0 saturated carbocycles. The minimum absolute atomic E-state index is 0.0456. The van der Waals surface area contributed by atoms with Crippen LogP contribution in [0.2, 0.25) is 0 Å². The minimum Gasteiger partial charge on any atom is -0.310 e. The lowest BCUT2D eigenvalue weighted by molar-refractivity contribution is 0.661. The van der Waals surface area contributed by atoms with Crippen molar-refractivity contribution in [2.45, 2.75) is 24.7 Å². The molecule has 0 N–H and O–H groups in total. The molecule has 0 radical (unpaired) electrons. The summed E-state index contributed by atoms with van der Waals surface area (Å²) in [5.74, 6) is 0. The van der Waals surface area contributed by atoms with Crippen LogP contribution in [0.4, 0.5) is 17.1 Å². The van der Waals surface area contributed by atoms with Crippen LogP contribution in [-0.4, -0.2) is 0 Å². The molecular weight excluding hydrogens is 615 g/mol. The zero-order valence-corrected chi connectivity index (χ0v) is 28.7. The van der Waals surface area contributed by atoms with Crippen molar-refractivity contribution < 1.29 is 0 Å². The second-order valence-electron chi connectivity index (χ2n) is 14.8. The number of nitrogens with zero attached hydrogens (tertiary/aromatic N) is 1. The predicted molar refractivity (Wildman–Crippen MR) is 212 cm³/mol. The van der Waals surface area contributed by atoms with E-state index in [4.69, 9.17) is 0 Å². The minimum atomic E-state index is -0.352. The predicted octanol–water partition coefficient (Wildman–Crippen LogP) is 13.0. The number of fused-ring (bicyclic) bond motifs is 15. The molecule has 3 aliphatic carbocycles. The average Bonchev–Trinajstić information content (AvgIpc) is 3.74. The van der Waals surface area contributed by atoms with Crippen LogP contribution in [0.1, 0.15) is 47.2 Å². The molecule has 0 heterocycles. The summed E-state index contributed by atoms with van der Waals surface area (Å²) in [6.07, 6.45) is 0. The van der Waals surface area contributed by atoms with E-state index >= 15 is 0 Å². The van der Waals surface area contributed by atoms with E-state index in [1.807, 2.05) is 0 Å². The Bertz CT molecular complexity index is 2690. The van der Waals surface area contributed by atoms with Crippen molar-refractivity contribution in [2.24, 2.45) is 0 Å². The van der Waals surface area contributed by atoms with E-state index in [9.17, 15) is 0 Å². The number of para-hydroxylation sites is 1. The van der Waals surface area contributed by atoms with Gasteiger partial charge in [-0.25, -0.2) is 0 Å². The Hall–Kier alpha value is -6.18. The molecule has 3 aliphatic rings. The highest BCUT2D eigenvalue weighted by molar-refractivity contribution is 6.09. The molecule has 0 fully saturated rings. The first-order valence-electron chi connectivity index (χ1n) is 18.0. The van der Waals surface area contributed by atoms with Crippen LogP contribution in [0.15, 0.2) is 176 Å². The first-order chi connectivity index (χ1) is 25.1. The van der Waals surface area contributed by atoms with Crippen molar-refractivity contribution in [2.75, 3.05) is 4.90 Å². The molecule has 11 rings (SSSR count). The number of hydrogen-bond donors (Lipinski definition) is 0. The largest absolute Gasteiger partial charge is 0.310 e. The van der Waals surface area contributed by atoms with Gasteiger partial charge in [-0.15, -0.1) is 0 Å². The van der Waals surface area contributed by atoms with Crippen LogP contribution in [-0.2, 0) is 10.8 Å². The average molecular weight is 650 g/mol. The van der Waals surface area contributed by atoms with Gasteiger partial charge < -0.3 is 4.90 Å². The summed E-state index contributed by atoms with van der Waals surface area (Å²) < 4.78 is 0. The van der Waals surface area contributed by atoms with Crippen LogP contribution in [0.25, 0.3) is 44.2 Å². The first kappa shape index (κ1) is 28.6. The van der Waals surface area contributed by atoms with E-state index in [1.165, 1.54) is 83.2 Å². The number of anilines is 3. The second-order valence-corrected chi connectivity index (χ2v) is 14.8. The van der Waals surface area contributed by atoms with E-state index < -0.39 is 0 Å². The van der Waals surface area contributed by atoms with Crippen molar-refractivity contribution in [1.82, 2.24) is 0 Å². The van der Waals surface area contributed by atoms with Crippen molar-refractivity contribution in [1.29, 1.82) is 0 Å². The highest BCUT2D eigenvalue weighted by atomic mass is 15.1. The SMILES string of the molecule is CC1(C)c2ccccc2-c2c1ccc1c(N(c3ccccc3)c3ccc4c(c3)-c3ccccc3C43c4ccccc4-c4ccccc43)cccc21. The van der Waals surface area contributed by atoms with Gasteiger partial charge in [-0.05, 0) is 102 Å². The normalized spacial score (nSPS) is 14.8. The highest BCUT2D eigenvalue weighted by Gasteiger charge is 2.51. The van der Waals surface area contributed by atoms with E-state index in [2.05, 4.69) is 195 Å². The number of hydrogen-bond acceptors (Lipinski definition) is 1.